The van der Waals surface area contributed by atoms with E-state index < -0.39 is 0 Å². The van der Waals surface area contributed by atoms with Crippen LogP contribution < -0.4 is 5.32 Å². The molecule has 1 rings (SSSR count). The van der Waals surface area contributed by atoms with Crippen LogP contribution in [-0.4, -0.2) is 25.0 Å². The molecule has 1 N–H and O–H groups in total. The number of carbonyl (C=O) groups is 2. The summed E-state index contributed by atoms with van der Waals surface area (Å²) in [6, 6.07) is 3.68. The first-order valence-electron chi connectivity index (χ1n) is 5.76. The largest absolute Gasteiger partial charge is 0.469 e. The summed E-state index contributed by atoms with van der Waals surface area (Å²) in [5.41, 5.74) is -0.389. The van der Waals surface area contributed by atoms with Gasteiger partial charge in [-0.2, -0.15) is 0 Å². The quantitative estimate of drug-likeness (QED) is 0.843. The van der Waals surface area contributed by atoms with Crippen molar-refractivity contribution < 1.29 is 18.7 Å². The van der Waals surface area contributed by atoms with Gasteiger partial charge < -0.3 is 19.3 Å². The number of alkyl carbamates (subject to hydrolysis) is 1. The Balaban J connectivity index is 0.000000321. The van der Waals surface area contributed by atoms with E-state index in [1.54, 1.807) is 6.26 Å². The fourth-order valence-electron chi connectivity index (χ4n) is 0.985. The minimum atomic E-state index is -0.389. The lowest BCUT2D eigenvalue weighted by Crippen LogP contribution is -2.30. The molecule has 1 aromatic rings. The number of aryl methyl sites for hydroxylation is 1. The van der Waals surface area contributed by atoms with Crippen molar-refractivity contribution in [2.45, 2.75) is 39.2 Å². The number of aldehydes is 1. The molecule has 5 nitrogen and oxygen atoms in total. The van der Waals surface area contributed by atoms with E-state index in [9.17, 15) is 9.59 Å². The van der Waals surface area contributed by atoms with E-state index in [4.69, 9.17) is 9.15 Å². The van der Waals surface area contributed by atoms with Crippen molar-refractivity contribution in [1.82, 2.24) is 5.32 Å². The van der Waals surface area contributed by atoms with Gasteiger partial charge in [0, 0.05) is 19.9 Å². The predicted molar refractivity (Wildman–Crippen MR) is 68.4 cm³/mol. The van der Waals surface area contributed by atoms with Crippen LogP contribution in [0.4, 0.5) is 4.79 Å². The summed E-state index contributed by atoms with van der Waals surface area (Å²) in [7, 11) is 1.54. The van der Waals surface area contributed by atoms with Gasteiger partial charge in [0.1, 0.15) is 17.6 Å². The second-order valence-corrected chi connectivity index (χ2v) is 4.54. The Bertz CT molecular complexity index is 338. The average molecular weight is 255 g/mol. The van der Waals surface area contributed by atoms with E-state index in [-0.39, 0.29) is 11.7 Å². The van der Waals surface area contributed by atoms with Gasteiger partial charge in [0.05, 0.1) is 6.26 Å². The third-order valence-corrected chi connectivity index (χ3v) is 1.69. The van der Waals surface area contributed by atoms with Crippen LogP contribution in [0.1, 0.15) is 33.0 Å². The van der Waals surface area contributed by atoms with Crippen LogP contribution in [-0.2, 0) is 16.0 Å². The number of carbonyl (C=O) groups excluding carboxylic acids is 2. The first-order chi connectivity index (χ1) is 8.39. The molecular formula is C13H21NO4. The number of nitrogens with one attached hydrogen (secondary N) is 1. The molecule has 0 aliphatic heterocycles. The SMILES string of the molecule is CNC(=O)OC(C)(C)C.O=CCCc1ccco1. The van der Waals surface area contributed by atoms with Gasteiger partial charge in [0.25, 0.3) is 0 Å². The molecule has 0 aliphatic carbocycles. The van der Waals surface area contributed by atoms with Crippen molar-refractivity contribution in [3.8, 4) is 0 Å². The summed E-state index contributed by atoms with van der Waals surface area (Å²) >= 11 is 0. The third-order valence-electron chi connectivity index (χ3n) is 1.69. The average Bonchev–Trinajstić information content (AvgIpc) is 2.77. The molecule has 0 bridgehead atoms. The molecule has 1 heterocycles. The van der Waals surface area contributed by atoms with Gasteiger partial charge in [0.15, 0.2) is 0 Å². The molecule has 0 radical (unpaired) electrons. The number of ether oxygens (including phenoxy) is 1. The Labute approximate surface area is 108 Å². The second kappa shape index (κ2) is 8.33. The van der Waals surface area contributed by atoms with Crippen LogP contribution in [0.25, 0.3) is 0 Å². The Morgan fingerprint density at radius 1 is 1.50 bits per heavy atom. The third kappa shape index (κ3) is 9.45. The Hall–Kier alpha value is -1.78. The monoisotopic (exact) mass is 255 g/mol. The summed E-state index contributed by atoms with van der Waals surface area (Å²) in [4.78, 5) is 20.4. The summed E-state index contributed by atoms with van der Waals surface area (Å²) in [6.07, 6.45) is 3.38. The molecular weight excluding hydrogens is 234 g/mol. The highest BCUT2D eigenvalue weighted by atomic mass is 16.6. The van der Waals surface area contributed by atoms with E-state index in [2.05, 4.69) is 5.32 Å². The normalized spacial score (nSPS) is 10.0. The lowest BCUT2D eigenvalue weighted by Gasteiger charge is -2.18. The van der Waals surface area contributed by atoms with Crippen molar-refractivity contribution in [2.75, 3.05) is 7.05 Å². The number of rotatable bonds is 3. The van der Waals surface area contributed by atoms with Crippen molar-refractivity contribution in [1.29, 1.82) is 0 Å². The summed E-state index contributed by atoms with van der Waals surface area (Å²) < 4.78 is 9.81. The van der Waals surface area contributed by atoms with Gasteiger partial charge in [-0.1, -0.05) is 0 Å². The zero-order chi connectivity index (χ0) is 14.0. The fourth-order valence-corrected chi connectivity index (χ4v) is 0.985. The van der Waals surface area contributed by atoms with E-state index in [0.29, 0.717) is 6.42 Å². The molecule has 5 heteroatoms. The number of furan rings is 1. The standard InChI is InChI=1S/C7H8O2.C6H13NO2/c8-5-1-3-7-4-2-6-9-7;1-6(2,3)9-5(8)7-4/h2,4-6H,1,3H2;1-4H3,(H,7,8). The smallest absolute Gasteiger partial charge is 0.407 e. The number of hydrogen-bond donors (Lipinski definition) is 1. The molecule has 0 saturated heterocycles. The Kier molecular flexibility index (Phi) is 7.51. The van der Waals surface area contributed by atoms with Crippen molar-refractivity contribution in [3.63, 3.8) is 0 Å². The summed E-state index contributed by atoms with van der Waals surface area (Å²) in [5.74, 6) is 0.877. The van der Waals surface area contributed by atoms with Crippen LogP contribution in [0.2, 0.25) is 0 Å². The summed E-state index contributed by atoms with van der Waals surface area (Å²) in [6.45, 7) is 5.46. The van der Waals surface area contributed by atoms with Crippen molar-refractivity contribution in [3.05, 3.63) is 24.2 Å². The molecule has 0 saturated carbocycles. The molecule has 1 aromatic heterocycles. The van der Waals surface area contributed by atoms with E-state index in [0.717, 1.165) is 18.5 Å². The molecule has 0 spiro atoms. The van der Waals surface area contributed by atoms with Crippen molar-refractivity contribution >= 4 is 12.4 Å². The zero-order valence-corrected chi connectivity index (χ0v) is 11.4. The highest BCUT2D eigenvalue weighted by molar-refractivity contribution is 5.67. The zero-order valence-electron chi connectivity index (χ0n) is 11.4. The number of amides is 1. The maximum Gasteiger partial charge on any atom is 0.407 e. The minimum Gasteiger partial charge on any atom is -0.469 e. The Morgan fingerprint density at radius 2 is 2.17 bits per heavy atom. The molecule has 1 amide bonds. The maximum atomic E-state index is 10.5. The second-order valence-electron chi connectivity index (χ2n) is 4.54. The highest BCUT2D eigenvalue weighted by Gasteiger charge is 2.13. The van der Waals surface area contributed by atoms with E-state index in [1.165, 1.54) is 7.05 Å². The fraction of sp³-hybridized carbons (Fsp3) is 0.538. The van der Waals surface area contributed by atoms with Gasteiger partial charge in [-0.25, -0.2) is 4.79 Å². The highest BCUT2D eigenvalue weighted by Crippen LogP contribution is 2.05. The molecule has 102 valence electrons. The van der Waals surface area contributed by atoms with Crippen LogP contribution in [0.5, 0.6) is 0 Å². The van der Waals surface area contributed by atoms with Gasteiger partial charge in [-0.3, -0.25) is 0 Å². The molecule has 0 aliphatic rings. The topological polar surface area (TPSA) is 68.5 Å². The van der Waals surface area contributed by atoms with E-state index in [1.807, 2.05) is 32.9 Å². The molecule has 0 aromatic carbocycles. The first kappa shape index (κ1) is 16.2. The van der Waals surface area contributed by atoms with Crippen LogP contribution >= 0.6 is 0 Å². The van der Waals surface area contributed by atoms with Gasteiger partial charge in [0.2, 0.25) is 0 Å². The van der Waals surface area contributed by atoms with E-state index >= 15 is 0 Å². The van der Waals surface area contributed by atoms with Crippen LogP contribution in [0.3, 0.4) is 0 Å². The Morgan fingerprint density at radius 3 is 2.50 bits per heavy atom. The first-order valence-corrected chi connectivity index (χ1v) is 5.76. The minimum absolute atomic E-state index is 0.387. The van der Waals surface area contributed by atoms with Gasteiger partial charge in [-0.05, 0) is 32.9 Å². The molecule has 0 fully saturated rings. The van der Waals surface area contributed by atoms with Crippen LogP contribution in [0.15, 0.2) is 22.8 Å². The van der Waals surface area contributed by atoms with Crippen LogP contribution in [0, 0.1) is 0 Å². The molecule has 0 unspecified atom stereocenters. The molecule has 0 atom stereocenters. The van der Waals surface area contributed by atoms with Gasteiger partial charge >= 0.3 is 6.09 Å². The lowest BCUT2D eigenvalue weighted by atomic mass is 10.2. The van der Waals surface area contributed by atoms with Crippen molar-refractivity contribution in [2.24, 2.45) is 0 Å². The summed E-state index contributed by atoms with van der Waals surface area (Å²) in [5, 5.41) is 2.36. The number of hydrogen-bond acceptors (Lipinski definition) is 4. The van der Waals surface area contributed by atoms with Gasteiger partial charge in [-0.15, -0.1) is 0 Å². The predicted octanol–water partition coefficient (Wildman–Crippen LogP) is 2.55. The maximum absolute atomic E-state index is 10.5. The lowest BCUT2D eigenvalue weighted by molar-refractivity contribution is -0.107. The molecule has 18 heavy (non-hydrogen) atoms.